The van der Waals surface area contributed by atoms with Gasteiger partial charge in [-0.2, -0.15) is 5.10 Å². The Hall–Kier alpha value is -1.53. The van der Waals surface area contributed by atoms with Crippen LogP contribution < -0.4 is 0 Å². The summed E-state index contributed by atoms with van der Waals surface area (Å²) in [5, 5.41) is 7.18. The molecule has 1 atom stereocenters. The zero-order valence-corrected chi connectivity index (χ0v) is 10.7. The first-order chi connectivity index (χ1) is 8.86. The van der Waals surface area contributed by atoms with Gasteiger partial charge in [-0.05, 0) is 37.2 Å². The maximum Gasteiger partial charge on any atom is 0.195 e. The first-order valence-electron chi connectivity index (χ1n) is 6.01. The topological polar surface area (TPSA) is 55.7 Å². The molecular formula is C12H14N4OS. The number of rotatable bonds is 2. The molecule has 0 radical (unpaired) electrons. The number of hydrogen-bond acceptors (Lipinski definition) is 4. The number of pyridine rings is 1. The SMILES string of the molecule is S=c1[nH]nc(-c2cccnc2)n1C1CCCOC1. The summed E-state index contributed by atoms with van der Waals surface area (Å²) in [6, 6.07) is 4.15. The van der Waals surface area contributed by atoms with E-state index in [-0.39, 0.29) is 6.04 Å². The van der Waals surface area contributed by atoms with Gasteiger partial charge in [0.15, 0.2) is 10.6 Å². The summed E-state index contributed by atoms with van der Waals surface area (Å²) in [6.07, 6.45) is 5.68. The molecule has 18 heavy (non-hydrogen) atoms. The first-order valence-corrected chi connectivity index (χ1v) is 6.42. The van der Waals surface area contributed by atoms with Gasteiger partial charge in [-0.1, -0.05) is 0 Å². The lowest BCUT2D eigenvalue weighted by Crippen LogP contribution is -2.22. The fraction of sp³-hybridized carbons (Fsp3) is 0.417. The van der Waals surface area contributed by atoms with Crippen LogP contribution in [0.5, 0.6) is 0 Å². The van der Waals surface area contributed by atoms with E-state index < -0.39 is 0 Å². The number of aromatic amines is 1. The summed E-state index contributed by atoms with van der Waals surface area (Å²) in [5.41, 5.74) is 0.968. The van der Waals surface area contributed by atoms with E-state index in [4.69, 9.17) is 17.0 Å². The van der Waals surface area contributed by atoms with Crippen molar-refractivity contribution in [1.29, 1.82) is 0 Å². The highest BCUT2D eigenvalue weighted by molar-refractivity contribution is 7.71. The lowest BCUT2D eigenvalue weighted by atomic mass is 10.1. The minimum absolute atomic E-state index is 0.264. The first kappa shape index (κ1) is 11.6. The lowest BCUT2D eigenvalue weighted by molar-refractivity contribution is 0.0591. The molecule has 3 rings (SSSR count). The van der Waals surface area contributed by atoms with Crippen LogP contribution in [-0.2, 0) is 4.74 Å². The number of H-pyrrole nitrogens is 1. The Labute approximate surface area is 110 Å². The number of nitrogens with zero attached hydrogens (tertiary/aromatic N) is 3. The number of nitrogens with one attached hydrogen (secondary N) is 1. The Morgan fingerprint density at radius 1 is 1.50 bits per heavy atom. The van der Waals surface area contributed by atoms with Gasteiger partial charge in [-0.3, -0.25) is 14.6 Å². The highest BCUT2D eigenvalue weighted by Crippen LogP contribution is 2.25. The summed E-state index contributed by atoms with van der Waals surface area (Å²) in [5.74, 6) is 0.837. The third-order valence-corrected chi connectivity index (χ3v) is 3.41. The largest absolute Gasteiger partial charge is 0.379 e. The maximum atomic E-state index is 5.53. The fourth-order valence-electron chi connectivity index (χ4n) is 2.27. The molecule has 2 aromatic rings. The van der Waals surface area contributed by atoms with E-state index >= 15 is 0 Å². The van der Waals surface area contributed by atoms with Crippen molar-refractivity contribution in [3.63, 3.8) is 0 Å². The van der Waals surface area contributed by atoms with E-state index in [1.807, 2.05) is 16.7 Å². The molecule has 2 aromatic heterocycles. The lowest BCUT2D eigenvalue weighted by Gasteiger charge is -2.24. The molecule has 1 aliphatic rings. The highest BCUT2D eigenvalue weighted by Gasteiger charge is 2.20. The summed E-state index contributed by atoms with van der Waals surface area (Å²) in [6.45, 7) is 1.53. The molecule has 3 heterocycles. The molecule has 0 spiro atoms. The van der Waals surface area contributed by atoms with E-state index in [2.05, 4.69) is 15.2 Å². The molecule has 1 saturated heterocycles. The van der Waals surface area contributed by atoms with Gasteiger partial charge in [-0.25, -0.2) is 0 Å². The molecule has 0 amide bonds. The molecule has 5 nitrogen and oxygen atoms in total. The van der Waals surface area contributed by atoms with Crippen molar-refractivity contribution in [1.82, 2.24) is 19.7 Å². The van der Waals surface area contributed by atoms with Crippen LogP contribution in [-0.4, -0.2) is 33.0 Å². The standard InChI is InChI=1S/C12H14N4OS/c18-12-15-14-11(9-3-1-5-13-7-9)16(12)10-4-2-6-17-8-10/h1,3,5,7,10H,2,4,6,8H2,(H,15,18). The number of hydrogen-bond donors (Lipinski definition) is 1. The van der Waals surface area contributed by atoms with E-state index in [0.29, 0.717) is 11.4 Å². The van der Waals surface area contributed by atoms with Gasteiger partial charge in [-0.15, -0.1) is 0 Å². The fourth-order valence-corrected chi connectivity index (χ4v) is 2.55. The third-order valence-electron chi connectivity index (χ3n) is 3.13. The second-order valence-electron chi connectivity index (χ2n) is 4.34. The Bertz CT molecular complexity index is 571. The van der Waals surface area contributed by atoms with Crippen LogP contribution in [0.15, 0.2) is 24.5 Å². The molecule has 1 fully saturated rings. The van der Waals surface area contributed by atoms with E-state index in [0.717, 1.165) is 30.8 Å². The van der Waals surface area contributed by atoms with Gasteiger partial charge in [0.1, 0.15) is 0 Å². The molecule has 0 bridgehead atoms. The minimum atomic E-state index is 0.264. The van der Waals surface area contributed by atoms with Crippen LogP contribution in [0.4, 0.5) is 0 Å². The number of aromatic nitrogens is 4. The smallest absolute Gasteiger partial charge is 0.195 e. The van der Waals surface area contributed by atoms with Crippen LogP contribution in [0.25, 0.3) is 11.4 Å². The van der Waals surface area contributed by atoms with Gasteiger partial charge in [0, 0.05) is 24.6 Å². The quantitative estimate of drug-likeness (QED) is 0.844. The van der Waals surface area contributed by atoms with Crippen molar-refractivity contribution in [3.8, 4) is 11.4 Å². The molecule has 94 valence electrons. The summed E-state index contributed by atoms with van der Waals surface area (Å²) < 4.78 is 8.22. The summed E-state index contributed by atoms with van der Waals surface area (Å²) >= 11 is 5.32. The molecule has 1 unspecified atom stereocenters. The maximum absolute atomic E-state index is 5.53. The molecule has 0 aromatic carbocycles. The van der Waals surface area contributed by atoms with Crippen LogP contribution >= 0.6 is 12.2 Å². The minimum Gasteiger partial charge on any atom is -0.379 e. The van der Waals surface area contributed by atoms with Crippen molar-refractivity contribution in [3.05, 3.63) is 29.3 Å². The van der Waals surface area contributed by atoms with Crippen molar-refractivity contribution in [2.75, 3.05) is 13.2 Å². The van der Waals surface area contributed by atoms with Crippen LogP contribution in [0.3, 0.4) is 0 Å². The normalized spacial score (nSPS) is 19.9. The Balaban J connectivity index is 2.03. The van der Waals surface area contributed by atoms with Crippen molar-refractivity contribution in [2.24, 2.45) is 0 Å². The number of ether oxygens (including phenoxy) is 1. The van der Waals surface area contributed by atoms with Crippen molar-refractivity contribution >= 4 is 12.2 Å². The van der Waals surface area contributed by atoms with Crippen molar-refractivity contribution < 1.29 is 4.74 Å². The van der Waals surface area contributed by atoms with Gasteiger partial charge in [0.05, 0.1) is 12.6 Å². The van der Waals surface area contributed by atoms with E-state index in [1.165, 1.54) is 0 Å². The second-order valence-corrected chi connectivity index (χ2v) is 4.72. The van der Waals surface area contributed by atoms with Crippen LogP contribution in [0, 0.1) is 4.77 Å². The van der Waals surface area contributed by atoms with Crippen LogP contribution in [0.1, 0.15) is 18.9 Å². The van der Waals surface area contributed by atoms with Gasteiger partial charge in [0.25, 0.3) is 0 Å². The van der Waals surface area contributed by atoms with Gasteiger partial charge < -0.3 is 4.74 Å². The molecule has 1 aliphatic heterocycles. The zero-order chi connectivity index (χ0) is 12.4. The molecule has 0 aliphatic carbocycles. The predicted molar refractivity (Wildman–Crippen MR) is 69.7 cm³/mol. The molecule has 1 N–H and O–H groups in total. The van der Waals surface area contributed by atoms with Crippen LogP contribution in [0.2, 0.25) is 0 Å². The highest BCUT2D eigenvalue weighted by atomic mass is 32.1. The monoisotopic (exact) mass is 262 g/mol. The summed E-state index contributed by atoms with van der Waals surface area (Å²) in [7, 11) is 0. The molecular weight excluding hydrogens is 248 g/mol. The molecule has 0 saturated carbocycles. The summed E-state index contributed by atoms with van der Waals surface area (Å²) in [4.78, 5) is 4.12. The van der Waals surface area contributed by atoms with Gasteiger partial charge in [0.2, 0.25) is 0 Å². The Kier molecular flexibility index (Phi) is 3.21. The van der Waals surface area contributed by atoms with Gasteiger partial charge >= 0.3 is 0 Å². The van der Waals surface area contributed by atoms with E-state index in [9.17, 15) is 0 Å². The van der Waals surface area contributed by atoms with Crippen molar-refractivity contribution in [2.45, 2.75) is 18.9 Å². The average Bonchev–Trinajstić information content (AvgIpc) is 2.83. The zero-order valence-electron chi connectivity index (χ0n) is 9.87. The average molecular weight is 262 g/mol. The van der Waals surface area contributed by atoms with E-state index in [1.54, 1.807) is 12.4 Å². The molecule has 6 heteroatoms. The predicted octanol–water partition coefficient (Wildman–Crippen LogP) is 2.35. The second kappa shape index (κ2) is 4.99. The Morgan fingerprint density at radius 3 is 3.17 bits per heavy atom. The Morgan fingerprint density at radius 2 is 2.44 bits per heavy atom. The third kappa shape index (κ3) is 2.09.